The van der Waals surface area contributed by atoms with Gasteiger partial charge in [-0.15, -0.1) is 10.2 Å². The molecule has 28 heavy (non-hydrogen) atoms. The summed E-state index contributed by atoms with van der Waals surface area (Å²) in [5.41, 5.74) is 2.18. The highest BCUT2D eigenvalue weighted by molar-refractivity contribution is 8.01. The number of anilines is 3. The largest absolute Gasteiger partial charge is 0.328 e. The molecule has 0 unspecified atom stereocenters. The number of halogens is 1. The smallest absolute Gasteiger partial charge is 0.234 e. The van der Waals surface area contributed by atoms with Gasteiger partial charge in [0, 0.05) is 5.69 Å². The van der Waals surface area contributed by atoms with Gasteiger partial charge in [-0.3, -0.25) is 4.79 Å². The summed E-state index contributed by atoms with van der Waals surface area (Å²) in [7, 11) is 0. The first-order valence-corrected chi connectivity index (χ1v) is 10.5. The second-order valence-electron chi connectivity index (χ2n) is 7.11. The number of nitrogens with one attached hydrogen (secondary N) is 2. The SMILES string of the molecule is CC(C)(C)c1ccccc1NC(=O)CSc1nnc(Nc2ccccc2F)s1. The van der Waals surface area contributed by atoms with Crippen LogP contribution >= 0.6 is 23.1 Å². The summed E-state index contributed by atoms with van der Waals surface area (Å²) in [5.74, 6) is -0.253. The molecule has 3 rings (SSSR count). The van der Waals surface area contributed by atoms with Crippen molar-refractivity contribution in [2.45, 2.75) is 30.5 Å². The number of carbonyl (C=O) groups excluding carboxylic acids is 1. The molecule has 5 nitrogen and oxygen atoms in total. The van der Waals surface area contributed by atoms with Crippen LogP contribution in [-0.4, -0.2) is 21.9 Å². The molecule has 146 valence electrons. The van der Waals surface area contributed by atoms with E-state index < -0.39 is 0 Å². The van der Waals surface area contributed by atoms with E-state index in [-0.39, 0.29) is 22.9 Å². The van der Waals surface area contributed by atoms with Gasteiger partial charge in [0.25, 0.3) is 0 Å². The van der Waals surface area contributed by atoms with Gasteiger partial charge in [-0.25, -0.2) is 4.39 Å². The second-order valence-corrected chi connectivity index (χ2v) is 9.31. The zero-order valence-corrected chi connectivity index (χ0v) is 17.5. The number of para-hydroxylation sites is 2. The Balaban J connectivity index is 1.58. The Morgan fingerprint density at radius 1 is 1.07 bits per heavy atom. The van der Waals surface area contributed by atoms with Gasteiger partial charge in [-0.05, 0) is 29.2 Å². The summed E-state index contributed by atoms with van der Waals surface area (Å²) >= 11 is 2.57. The summed E-state index contributed by atoms with van der Waals surface area (Å²) in [6.45, 7) is 6.33. The Hall–Kier alpha value is -2.45. The van der Waals surface area contributed by atoms with Crippen LogP contribution in [0.5, 0.6) is 0 Å². The molecule has 2 N–H and O–H groups in total. The number of benzene rings is 2. The maximum absolute atomic E-state index is 13.7. The first-order valence-electron chi connectivity index (χ1n) is 8.70. The maximum atomic E-state index is 13.7. The minimum atomic E-state index is -0.358. The molecular formula is C20H21FN4OS2. The van der Waals surface area contributed by atoms with Gasteiger partial charge in [0.2, 0.25) is 11.0 Å². The molecule has 0 saturated heterocycles. The Bertz CT molecular complexity index is 969. The zero-order chi connectivity index (χ0) is 20.1. The van der Waals surface area contributed by atoms with Crippen LogP contribution in [0.25, 0.3) is 0 Å². The summed E-state index contributed by atoms with van der Waals surface area (Å²) in [4.78, 5) is 12.4. The third-order valence-corrected chi connectivity index (χ3v) is 5.83. The van der Waals surface area contributed by atoms with Gasteiger partial charge in [0.15, 0.2) is 4.34 Å². The first kappa shape index (κ1) is 20.3. The van der Waals surface area contributed by atoms with Crippen LogP contribution < -0.4 is 10.6 Å². The van der Waals surface area contributed by atoms with Crippen molar-refractivity contribution in [2.24, 2.45) is 0 Å². The highest BCUT2D eigenvalue weighted by Crippen LogP contribution is 2.31. The fraction of sp³-hybridized carbons (Fsp3) is 0.250. The third kappa shape index (κ3) is 5.30. The Labute approximate surface area is 171 Å². The molecule has 0 atom stereocenters. The highest BCUT2D eigenvalue weighted by Gasteiger charge is 2.18. The zero-order valence-electron chi connectivity index (χ0n) is 15.8. The fourth-order valence-corrected chi connectivity index (χ4v) is 4.12. The van der Waals surface area contributed by atoms with Gasteiger partial charge in [-0.2, -0.15) is 0 Å². The Morgan fingerprint density at radius 3 is 2.46 bits per heavy atom. The molecule has 0 aliphatic heterocycles. The van der Waals surface area contributed by atoms with E-state index in [1.807, 2.05) is 24.3 Å². The number of hydrogen-bond donors (Lipinski definition) is 2. The van der Waals surface area contributed by atoms with E-state index in [4.69, 9.17) is 0 Å². The van der Waals surface area contributed by atoms with Crippen molar-refractivity contribution < 1.29 is 9.18 Å². The lowest BCUT2D eigenvalue weighted by Gasteiger charge is -2.22. The van der Waals surface area contributed by atoms with E-state index >= 15 is 0 Å². The predicted molar refractivity (Wildman–Crippen MR) is 114 cm³/mol. The number of amides is 1. The third-order valence-electron chi connectivity index (χ3n) is 3.86. The Kier molecular flexibility index (Phi) is 6.31. The summed E-state index contributed by atoms with van der Waals surface area (Å²) in [6, 6.07) is 14.2. The Morgan fingerprint density at radius 2 is 1.75 bits per heavy atom. The van der Waals surface area contributed by atoms with Crippen molar-refractivity contribution in [3.63, 3.8) is 0 Å². The minimum absolute atomic E-state index is 0.0659. The quantitative estimate of drug-likeness (QED) is 0.523. The number of nitrogens with zero attached hydrogens (tertiary/aromatic N) is 2. The van der Waals surface area contributed by atoms with Gasteiger partial charge >= 0.3 is 0 Å². The second kappa shape index (κ2) is 8.70. The minimum Gasteiger partial charge on any atom is -0.328 e. The lowest BCUT2D eigenvalue weighted by molar-refractivity contribution is -0.113. The number of rotatable bonds is 6. The van der Waals surface area contributed by atoms with Gasteiger partial charge in [0.1, 0.15) is 5.82 Å². The number of carbonyl (C=O) groups is 1. The normalized spacial score (nSPS) is 11.3. The summed E-state index contributed by atoms with van der Waals surface area (Å²) in [5, 5.41) is 14.4. The fourth-order valence-electron chi connectivity index (χ4n) is 2.56. The van der Waals surface area contributed by atoms with Crippen LogP contribution in [0.2, 0.25) is 0 Å². The van der Waals surface area contributed by atoms with Crippen LogP contribution in [0, 0.1) is 5.82 Å². The molecule has 1 heterocycles. The molecule has 0 aliphatic carbocycles. The van der Waals surface area contributed by atoms with E-state index in [0.29, 0.717) is 15.2 Å². The predicted octanol–water partition coefficient (Wildman–Crippen LogP) is 5.45. The average Bonchev–Trinajstić information content (AvgIpc) is 3.09. The molecule has 0 spiro atoms. The molecule has 0 bridgehead atoms. The van der Waals surface area contributed by atoms with Crippen LogP contribution in [-0.2, 0) is 10.2 Å². The van der Waals surface area contributed by atoms with Crippen molar-refractivity contribution in [1.82, 2.24) is 10.2 Å². The molecule has 1 amide bonds. The van der Waals surface area contributed by atoms with Crippen molar-refractivity contribution in [2.75, 3.05) is 16.4 Å². The average molecular weight is 417 g/mol. The monoisotopic (exact) mass is 416 g/mol. The summed E-state index contributed by atoms with van der Waals surface area (Å²) < 4.78 is 14.3. The van der Waals surface area contributed by atoms with Crippen molar-refractivity contribution in [3.05, 3.63) is 59.9 Å². The molecule has 2 aromatic carbocycles. The van der Waals surface area contributed by atoms with Gasteiger partial charge in [-0.1, -0.05) is 74.2 Å². The van der Waals surface area contributed by atoms with E-state index in [0.717, 1.165) is 11.3 Å². The standard InChI is InChI=1S/C20H21FN4OS2/c1-20(2,3)13-8-4-6-10-15(13)22-17(26)12-27-19-25-24-18(28-19)23-16-11-7-5-9-14(16)21/h4-11H,12H2,1-3H3,(H,22,26)(H,23,24). The van der Waals surface area contributed by atoms with Crippen LogP contribution in [0.4, 0.5) is 20.9 Å². The van der Waals surface area contributed by atoms with E-state index in [9.17, 15) is 9.18 Å². The number of hydrogen-bond acceptors (Lipinski definition) is 6. The summed E-state index contributed by atoms with van der Waals surface area (Å²) in [6.07, 6.45) is 0. The molecule has 1 aromatic heterocycles. The van der Waals surface area contributed by atoms with Crippen molar-refractivity contribution >= 4 is 45.5 Å². The molecule has 3 aromatic rings. The molecule has 0 fully saturated rings. The van der Waals surface area contributed by atoms with E-state index in [2.05, 4.69) is 41.6 Å². The van der Waals surface area contributed by atoms with E-state index in [1.165, 1.54) is 29.2 Å². The van der Waals surface area contributed by atoms with Crippen molar-refractivity contribution in [1.29, 1.82) is 0 Å². The van der Waals surface area contributed by atoms with Crippen LogP contribution in [0.1, 0.15) is 26.3 Å². The lowest BCUT2D eigenvalue weighted by Crippen LogP contribution is -2.19. The topological polar surface area (TPSA) is 66.9 Å². The number of thioether (sulfide) groups is 1. The van der Waals surface area contributed by atoms with Crippen molar-refractivity contribution in [3.8, 4) is 0 Å². The number of aromatic nitrogens is 2. The van der Waals surface area contributed by atoms with Crippen LogP contribution in [0.15, 0.2) is 52.9 Å². The lowest BCUT2D eigenvalue weighted by atomic mass is 9.86. The molecule has 0 radical (unpaired) electrons. The molecule has 8 heteroatoms. The van der Waals surface area contributed by atoms with Crippen LogP contribution in [0.3, 0.4) is 0 Å². The van der Waals surface area contributed by atoms with Gasteiger partial charge < -0.3 is 10.6 Å². The van der Waals surface area contributed by atoms with Gasteiger partial charge in [0.05, 0.1) is 11.4 Å². The van der Waals surface area contributed by atoms with E-state index in [1.54, 1.807) is 18.2 Å². The molecule has 0 saturated carbocycles. The maximum Gasteiger partial charge on any atom is 0.234 e. The highest BCUT2D eigenvalue weighted by atomic mass is 32.2. The molecular weight excluding hydrogens is 395 g/mol. The first-order chi connectivity index (χ1) is 13.3. The molecule has 0 aliphatic rings.